The van der Waals surface area contributed by atoms with Crippen molar-refractivity contribution in [1.29, 1.82) is 0 Å². The van der Waals surface area contributed by atoms with Crippen molar-refractivity contribution in [2.45, 2.75) is 0 Å². The molecule has 0 aliphatic rings. The van der Waals surface area contributed by atoms with E-state index in [9.17, 15) is 0 Å². The van der Waals surface area contributed by atoms with E-state index in [1.165, 1.54) is 58.4 Å². The van der Waals surface area contributed by atoms with Crippen LogP contribution < -0.4 is 0 Å². The summed E-state index contributed by atoms with van der Waals surface area (Å²) in [5.41, 5.74) is 8.39. The monoisotopic (exact) mass is 642 g/mol. The fraction of sp³-hybridized carbons (Fsp3) is 0. The Morgan fingerprint density at radius 1 is 0.408 bits per heavy atom. The molecule has 0 saturated carbocycles. The maximum atomic E-state index is 6.68. The first-order valence-electron chi connectivity index (χ1n) is 16.6. The summed E-state index contributed by atoms with van der Waals surface area (Å²) in [5.74, 6) is 0.838. The van der Waals surface area contributed by atoms with E-state index in [4.69, 9.17) is 8.83 Å². The molecule has 49 heavy (non-hydrogen) atoms. The fourth-order valence-corrected chi connectivity index (χ4v) is 9.21. The molecule has 0 spiro atoms. The molecule has 11 aromatic rings. The van der Waals surface area contributed by atoms with Crippen molar-refractivity contribution < 1.29 is 8.83 Å². The summed E-state index contributed by atoms with van der Waals surface area (Å²) in [5, 5.41) is 10.7. The number of hydrogen-bond acceptors (Lipinski definition) is 3. The van der Waals surface area contributed by atoms with Crippen LogP contribution in [0.1, 0.15) is 0 Å². The van der Waals surface area contributed by atoms with E-state index in [1.807, 2.05) is 29.5 Å². The van der Waals surface area contributed by atoms with E-state index in [2.05, 4.69) is 140 Å². The second-order valence-electron chi connectivity index (χ2n) is 12.7. The molecular formula is C46H26O2S. The zero-order valence-corrected chi connectivity index (χ0v) is 27.1. The molecule has 11 rings (SSSR count). The highest BCUT2D eigenvalue weighted by Crippen LogP contribution is 2.50. The zero-order chi connectivity index (χ0) is 32.1. The summed E-state index contributed by atoms with van der Waals surface area (Å²) in [6, 6.07) is 56.5. The second kappa shape index (κ2) is 10.2. The summed E-state index contributed by atoms with van der Waals surface area (Å²) < 4.78 is 15.8. The summed E-state index contributed by atoms with van der Waals surface area (Å²) >= 11 is 1.89. The third kappa shape index (κ3) is 3.82. The van der Waals surface area contributed by atoms with Crippen LogP contribution >= 0.6 is 11.3 Å². The summed E-state index contributed by atoms with van der Waals surface area (Å²) in [6.07, 6.45) is 0. The predicted octanol–water partition coefficient (Wildman–Crippen LogP) is 14.0. The molecule has 8 aromatic carbocycles. The predicted molar refractivity (Wildman–Crippen MR) is 208 cm³/mol. The highest BCUT2D eigenvalue weighted by Gasteiger charge is 2.23. The van der Waals surface area contributed by atoms with Crippen LogP contribution in [0.2, 0.25) is 0 Å². The van der Waals surface area contributed by atoms with Crippen LogP contribution in [0, 0.1) is 0 Å². The van der Waals surface area contributed by atoms with Crippen molar-refractivity contribution in [2.24, 2.45) is 0 Å². The number of benzene rings is 8. The van der Waals surface area contributed by atoms with Crippen LogP contribution in [-0.4, -0.2) is 0 Å². The van der Waals surface area contributed by atoms with Gasteiger partial charge in [0.2, 0.25) is 0 Å². The average molecular weight is 643 g/mol. The smallest absolute Gasteiger partial charge is 0.178 e. The van der Waals surface area contributed by atoms with Gasteiger partial charge in [0.1, 0.15) is 11.3 Å². The fourth-order valence-electron chi connectivity index (χ4n) is 7.99. The molecule has 3 heteroatoms. The van der Waals surface area contributed by atoms with Gasteiger partial charge >= 0.3 is 0 Å². The molecule has 0 fully saturated rings. The molecule has 0 atom stereocenters. The van der Waals surface area contributed by atoms with Gasteiger partial charge in [0.15, 0.2) is 11.2 Å². The lowest BCUT2D eigenvalue weighted by Gasteiger charge is -2.18. The second-order valence-corrected chi connectivity index (χ2v) is 13.8. The number of thiophene rings is 1. The van der Waals surface area contributed by atoms with Crippen LogP contribution in [0.3, 0.4) is 0 Å². The normalized spacial score (nSPS) is 12.1. The first kappa shape index (κ1) is 26.9. The van der Waals surface area contributed by atoms with Gasteiger partial charge in [0.25, 0.3) is 0 Å². The minimum Gasteiger partial charge on any atom is -0.452 e. The van der Waals surface area contributed by atoms with E-state index in [0.29, 0.717) is 0 Å². The third-order valence-electron chi connectivity index (χ3n) is 10.1. The number of rotatable bonds is 3. The van der Waals surface area contributed by atoms with Crippen LogP contribution in [0.4, 0.5) is 0 Å². The molecule has 0 aliphatic heterocycles. The molecule has 0 bridgehead atoms. The molecule has 0 radical (unpaired) electrons. The minimum atomic E-state index is 0.778. The van der Waals surface area contributed by atoms with Crippen LogP contribution in [0.5, 0.6) is 0 Å². The Hall–Kier alpha value is -6.16. The molecular weight excluding hydrogens is 617 g/mol. The minimum absolute atomic E-state index is 0.778. The lowest BCUT2D eigenvalue weighted by molar-refractivity contribution is 0.611. The first-order valence-corrected chi connectivity index (χ1v) is 17.4. The quantitative estimate of drug-likeness (QED) is 0.179. The Morgan fingerprint density at radius 2 is 1.02 bits per heavy atom. The van der Waals surface area contributed by atoms with E-state index in [1.54, 1.807) is 0 Å². The van der Waals surface area contributed by atoms with Crippen LogP contribution in [0.15, 0.2) is 167 Å². The molecule has 0 saturated heterocycles. The van der Waals surface area contributed by atoms with E-state index >= 15 is 0 Å². The van der Waals surface area contributed by atoms with Gasteiger partial charge in [0, 0.05) is 47.5 Å². The maximum Gasteiger partial charge on any atom is 0.178 e. The van der Waals surface area contributed by atoms with E-state index < -0.39 is 0 Å². The topological polar surface area (TPSA) is 26.3 Å². The van der Waals surface area contributed by atoms with Crippen molar-refractivity contribution in [1.82, 2.24) is 0 Å². The van der Waals surface area contributed by atoms with Crippen molar-refractivity contribution in [2.75, 3.05) is 0 Å². The maximum absolute atomic E-state index is 6.68. The van der Waals surface area contributed by atoms with Gasteiger partial charge in [-0.05, 0) is 62.5 Å². The van der Waals surface area contributed by atoms with Gasteiger partial charge < -0.3 is 8.83 Å². The largest absolute Gasteiger partial charge is 0.452 e. The molecule has 2 nitrogen and oxygen atoms in total. The van der Waals surface area contributed by atoms with Gasteiger partial charge in [-0.2, -0.15) is 0 Å². The Balaban J connectivity index is 1.23. The number of furan rings is 2. The SMILES string of the molecule is c1ccc(-c2cc3ccc4c(oc5cccc(-c6c7ccccc7c(-c7cccc8c7sc7ccccc78)c7ccccc67)c54)c3o2)cc1. The standard InChI is InChI=1S/C46H26O2S/c1-2-12-27(13-3-1)39-26-28-24-25-36-43-35(20-11-22-38(43)47-45(36)44(28)48-39)41-30-15-4-6-17-32(30)42(33-18-7-5-16-31(33)41)37-21-10-19-34-29-14-8-9-23-40(29)49-46(34)37/h1-26H. The van der Waals surface area contributed by atoms with Gasteiger partial charge in [0.05, 0.1) is 0 Å². The van der Waals surface area contributed by atoms with Crippen molar-refractivity contribution >= 4 is 86.0 Å². The van der Waals surface area contributed by atoms with Crippen molar-refractivity contribution in [3.63, 3.8) is 0 Å². The van der Waals surface area contributed by atoms with Gasteiger partial charge in [-0.25, -0.2) is 0 Å². The van der Waals surface area contributed by atoms with E-state index in [-0.39, 0.29) is 0 Å². The molecule has 3 heterocycles. The molecule has 0 aliphatic carbocycles. The van der Waals surface area contributed by atoms with Crippen molar-refractivity contribution in [3.05, 3.63) is 158 Å². The Labute approximate surface area is 285 Å². The zero-order valence-electron chi connectivity index (χ0n) is 26.2. The van der Waals surface area contributed by atoms with E-state index in [0.717, 1.165) is 49.8 Å². The molecule has 0 N–H and O–H groups in total. The number of hydrogen-bond donors (Lipinski definition) is 0. The molecule has 228 valence electrons. The molecule has 0 unspecified atom stereocenters. The van der Waals surface area contributed by atoms with Crippen molar-refractivity contribution in [3.8, 4) is 33.6 Å². The Kier molecular flexibility index (Phi) is 5.57. The molecule has 3 aromatic heterocycles. The first-order chi connectivity index (χ1) is 24.3. The van der Waals surface area contributed by atoms with Gasteiger partial charge in [-0.15, -0.1) is 11.3 Å². The highest BCUT2D eigenvalue weighted by atomic mass is 32.1. The third-order valence-corrected chi connectivity index (χ3v) is 11.3. The van der Waals surface area contributed by atoms with Gasteiger partial charge in [-0.3, -0.25) is 0 Å². The summed E-state index contributed by atoms with van der Waals surface area (Å²) in [6.45, 7) is 0. The average Bonchev–Trinajstić information content (AvgIpc) is 3.88. The Morgan fingerprint density at radius 3 is 1.78 bits per heavy atom. The highest BCUT2D eigenvalue weighted by molar-refractivity contribution is 7.26. The summed E-state index contributed by atoms with van der Waals surface area (Å²) in [7, 11) is 0. The number of fused-ring (bicyclic) bond motifs is 10. The van der Waals surface area contributed by atoms with Gasteiger partial charge in [-0.1, -0.05) is 133 Å². The van der Waals surface area contributed by atoms with Crippen LogP contribution in [-0.2, 0) is 0 Å². The van der Waals surface area contributed by atoms with Crippen LogP contribution in [0.25, 0.3) is 108 Å². The Bertz CT molecular complexity index is 3050. The lowest BCUT2D eigenvalue weighted by Crippen LogP contribution is -1.91. The summed E-state index contributed by atoms with van der Waals surface area (Å²) in [4.78, 5) is 0. The molecule has 0 amide bonds. The lowest BCUT2D eigenvalue weighted by atomic mass is 9.84.